The molecular weight excluding hydrogens is 198 g/mol. The van der Waals surface area contributed by atoms with Crippen molar-refractivity contribution in [3.8, 4) is 0 Å². The van der Waals surface area contributed by atoms with Gasteiger partial charge in [-0.25, -0.2) is 4.79 Å². The third-order valence-corrected chi connectivity index (χ3v) is 1.96. The number of aliphatic imine (C=N–C) groups is 1. The molecule has 1 rings (SSSR count). The largest absolute Gasteiger partial charge is 0.394 e. The predicted molar refractivity (Wildman–Crippen MR) is 52.3 cm³/mol. The number of aliphatic hydroxyl groups excluding tert-OH is 3. The second kappa shape index (κ2) is 5.38. The molecule has 2 unspecified atom stereocenters. The lowest BCUT2D eigenvalue weighted by Crippen LogP contribution is -2.21. The van der Waals surface area contributed by atoms with Crippen LogP contribution in [0.5, 0.6) is 0 Å². The van der Waals surface area contributed by atoms with Crippen LogP contribution < -0.4 is 0 Å². The summed E-state index contributed by atoms with van der Waals surface area (Å²) in [7, 11) is 0. The Kier molecular flexibility index (Phi) is 4.15. The van der Waals surface area contributed by atoms with Crippen molar-refractivity contribution in [1.82, 2.24) is 0 Å². The molecule has 0 aliphatic heterocycles. The molecule has 0 saturated heterocycles. The molecule has 5 heteroatoms. The van der Waals surface area contributed by atoms with Gasteiger partial charge in [-0.3, -0.25) is 0 Å². The average Bonchev–Trinajstić information content (AvgIpc) is 2.28. The Morgan fingerprint density at radius 1 is 1.27 bits per heavy atom. The molecule has 80 valence electrons. The summed E-state index contributed by atoms with van der Waals surface area (Å²) in [6.07, 6.45) is -0.976. The molecule has 3 N–H and O–H groups in total. The van der Waals surface area contributed by atoms with Crippen LogP contribution in [0.1, 0.15) is 11.7 Å². The normalized spacial score (nSPS) is 14.1. The van der Waals surface area contributed by atoms with E-state index in [1.54, 1.807) is 0 Å². The molecule has 0 heterocycles. The second-order valence-electron chi connectivity index (χ2n) is 2.99. The van der Waals surface area contributed by atoms with E-state index < -0.39 is 18.8 Å². The van der Waals surface area contributed by atoms with Crippen LogP contribution in [-0.4, -0.2) is 34.1 Å². The molecule has 2 atom stereocenters. The Balaban J connectivity index is 2.83. The van der Waals surface area contributed by atoms with Crippen molar-refractivity contribution in [3.63, 3.8) is 0 Å². The minimum atomic E-state index is -1.22. The molecule has 0 aliphatic carbocycles. The van der Waals surface area contributed by atoms with Gasteiger partial charge in [-0.2, -0.15) is 4.99 Å². The first-order valence-electron chi connectivity index (χ1n) is 4.34. The summed E-state index contributed by atoms with van der Waals surface area (Å²) < 4.78 is 0. The van der Waals surface area contributed by atoms with E-state index in [0.717, 1.165) is 0 Å². The van der Waals surface area contributed by atoms with Gasteiger partial charge in [-0.05, 0) is 17.7 Å². The molecular formula is C10H11NO4. The highest BCUT2D eigenvalue weighted by molar-refractivity contribution is 5.49. The van der Waals surface area contributed by atoms with E-state index in [0.29, 0.717) is 11.3 Å². The van der Waals surface area contributed by atoms with Gasteiger partial charge in [0.25, 0.3) is 0 Å². The molecule has 0 bridgehead atoms. The fourth-order valence-electron chi connectivity index (χ4n) is 1.12. The van der Waals surface area contributed by atoms with Crippen LogP contribution in [-0.2, 0) is 4.79 Å². The van der Waals surface area contributed by atoms with Crippen molar-refractivity contribution in [3.05, 3.63) is 29.8 Å². The monoisotopic (exact) mass is 209 g/mol. The van der Waals surface area contributed by atoms with Crippen LogP contribution in [0.3, 0.4) is 0 Å². The zero-order valence-electron chi connectivity index (χ0n) is 7.87. The smallest absolute Gasteiger partial charge is 0.240 e. The first kappa shape index (κ1) is 11.6. The molecule has 0 aliphatic rings. The number of hydrogen-bond donors (Lipinski definition) is 3. The molecule has 0 amide bonds. The fourth-order valence-corrected chi connectivity index (χ4v) is 1.12. The fraction of sp³-hybridized carbons (Fsp3) is 0.300. The Bertz CT molecular complexity index is 356. The highest BCUT2D eigenvalue weighted by Crippen LogP contribution is 2.20. The van der Waals surface area contributed by atoms with E-state index in [4.69, 9.17) is 10.2 Å². The maximum Gasteiger partial charge on any atom is 0.240 e. The van der Waals surface area contributed by atoms with E-state index in [2.05, 4.69) is 4.99 Å². The number of rotatable bonds is 4. The summed E-state index contributed by atoms with van der Waals surface area (Å²) in [6.45, 7) is -0.518. The number of carbonyl (C=O) groups excluding carboxylic acids is 1. The van der Waals surface area contributed by atoms with Gasteiger partial charge in [0.05, 0.1) is 12.3 Å². The maximum absolute atomic E-state index is 9.93. The number of isocyanates is 1. The van der Waals surface area contributed by atoms with E-state index in [-0.39, 0.29) is 0 Å². The lowest BCUT2D eigenvalue weighted by atomic mass is 10.0. The van der Waals surface area contributed by atoms with E-state index in [9.17, 15) is 9.90 Å². The zero-order chi connectivity index (χ0) is 11.3. The predicted octanol–water partition coefficient (Wildman–Crippen LogP) is 0.0405. The summed E-state index contributed by atoms with van der Waals surface area (Å²) in [4.78, 5) is 13.3. The van der Waals surface area contributed by atoms with Gasteiger partial charge < -0.3 is 15.3 Å². The molecule has 15 heavy (non-hydrogen) atoms. The van der Waals surface area contributed by atoms with Gasteiger partial charge in [-0.1, -0.05) is 12.1 Å². The number of benzene rings is 1. The van der Waals surface area contributed by atoms with Gasteiger partial charge in [0.2, 0.25) is 6.08 Å². The number of hydrogen-bond acceptors (Lipinski definition) is 5. The average molecular weight is 209 g/mol. The van der Waals surface area contributed by atoms with Gasteiger partial charge in [-0.15, -0.1) is 0 Å². The van der Waals surface area contributed by atoms with E-state index in [1.165, 1.54) is 30.3 Å². The number of nitrogens with zero attached hydrogens (tertiary/aromatic N) is 1. The van der Waals surface area contributed by atoms with Crippen LogP contribution in [0.4, 0.5) is 5.69 Å². The van der Waals surface area contributed by atoms with Crippen LogP contribution >= 0.6 is 0 Å². The third-order valence-electron chi connectivity index (χ3n) is 1.96. The van der Waals surface area contributed by atoms with Gasteiger partial charge in [0.15, 0.2) is 0 Å². The molecule has 0 radical (unpaired) electrons. The molecule has 0 aromatic heterocycles. The SMILES string of the molecule is O=C=Nc1ccc(C(O)C(O)CO)cc1. The Morgan fingerprint density at radius 2 is 1.87 bits per heavy atom. The summed E-state index contributed by atoms with van der Waals surface area (Å²) in [5, 5.41) is 27.3. The molecule has 1 aromatic carbocycles. The van der Waals surface area contributed by atoms with E-state index in [1.807, 2.05) is 0 Å². The summed E-state index contributed by atoms with van der Waals surface area (Å²) in [5.74, 6) is 0. The van der Waals surface area contributed by atoms with Crippen LogP contribution in [0.2, 0.25) is 0 Å². The molecule has 5 nitrogen and oxygen atoms in total. The second-order valence-corrected chi connectivity index (χ2v) is 2.99. The van der Waals surface area contributed by atoms with Crippen molar-refractivity contribution < 1.29 is 20.1 Å². The first-order valence-corrected chi connectivity index (χ1v) is 4.34. The van der Waals surface area contributed by atoms with Crippen LogP contribution in [0, 0.1) is 0 Å². The van der Waals surface area contributed by atoms with Crippen molar-refractivity contribution in [2.75, 3.05) is 6.61 Å². The summed E-state index contributed by atoms with van der Waals surface area (Å²) in [6, 6.07) is 6.04. The first-order chi connectivity index (χ1) is 7.19. The maximum atomic E-state index is 9.93. The Morgan fingerprint density at radius 3 is 2.33 bits per heavy atom. The van der Waals surface area contributed by atoms with Gasteiger partial charge in [0.1, 0.15) is 12.2 Å². The standard InChI is InChI=1S/C10H11NO4/c12-5-9(14)10(15)7-1-3-8(4-2-7)11-6-13/h1-4,9-10,12,14-15H,5H2. The lowest BCUT2D eigenvalue weighted by Gasteiger charge is -2.15. The minimum absolute atomic E-state index is 0.416. The highest BCUT2D eigenvalue weighted by Gasteiger charge is 2.16. The van der Waals surface area contributed by atoms with Crippen molar-refractivity contribution in [2.24, 2.45) is 4.99 Å². The summed E-state index contributed by atoms with van der Waals surface area (Å²) >= 11 is 0. The van der Waals surface area contributed by atoms with Gasteiger partial charge in [0, 0.05) is 0 Å². The Hall–Kier alpha value is -1.52. The molecule has 0 fully saturated rings. The molecule has 1 aromatic rings. The topological polar surface area (TPSA) is 90.1 Å². The molecule has 0 saturated carbocycles. The van der Waals surface area contributed by atoms with E-state index >= 15 is 0 Å². The number of aliphatic hydroxyl groups is 3. The highest BCUT2D eigenvalue weighted by atomic mass is 16.4. The minimum Gasteiger partial charge on any atom is -0.394 e. The Labute approximate surface area is 86.3 Å². The third kappa shape index (κ3) is 2.97. The van der Waals surface area contributed by atoms with Crippen molar-refractivity contribution in [2.45, 2.75) is 12.2 Å². The molecule has 0 spiro atoms. The lowest BCUT2D eigenvalue weighted by molar-refractivity contribution is -0.0152. The van der Waals surface area contributed by atoms with Crippen molar-refractivity contribution >= 4 is 11.8 Å². The summed E-state index contributed by atoms with van der Waals surface area (Å²) in [5.41, 5.74) is 0.862. The van der Waals surface area contributed by atoms with Gasteiger partial charge >= 0.3 is 0 Å². The zero-order valence-corrected chi connectivity index (χ0v) is 7.87. The quantitative estimate of drug-likeness (QED) is 0.482. The van der Waals surface area contributed by atoms with Crippen LogP contribution in [0.25, 0.3) is 0 Å². The van der Waals surface area contributed by atoms with Crippen molar-refractivity contribution in [1.29, 1.82) is 0 Å². The van der Waals surface area contributed by atoms with Crippen LogP contribution in [0.15, 0.2) is 29.3 Å².